The van der Waals surface area contributed by atoms with Gasteiger partial charge in [-0.25, -0.2) is 0 Å². The highest BCUT2D eigenvalue weighted by molar-refractivity contribution is 5.95. The summed E-state index contributed by atoms with van der Waals surface area (Å²) in [6, 6.07) is 5.47. The molecule has 0 spiro atoms. The fourth-order valence-corrected chi connectivity index (χ4v) is 12.0. The lowest BCUT2D eigenvalue weighted by Gasteiger charge is -2.24. The average Bonchev–Trinajstić information content (AvgIpc) is 1.75. The van der Waals surface area contributed by atoms with E-state index in [9.17, 15) is 43.2 Å². The van der Waals surface area contributed by atoms with Crippen LogP contribution in [0, 0.1) is 0 Å². The Morgan fingerprint density at radius 3 is 1.47 bits per heavy atom. The van der Waals surface area contributed by atoms with Crippen molar-refractivity contribution in [2.75, 3.05) is 72.2 Å². The van der Waals surface area contributed by atoms with E-state index in [4.69, 9.17) is 9.47 Å². The Morgan fingerprint density at radius 2 is 0.957 bits per heavy atom. The Hall–Kier alpha value is -6.05. The molecular formula is C73H125N9O11. The van der Waals surface area contributed by atoms with Crippen LogP contribution in [0.2, 0.25) is 0 Å². The molecular weight excluding hydrogens is 1180 g/mol. The van der Waals surface area contributed by atoms with Crippen molar-refractivity contribution in [1.82, 2.24) is 46.7 Å². The zero-order valence-corrected chi connectivity index (χ0v) is 58.0. The summed E-state index contributed by atoms with van der Waals surface area (Å²) in [6.45, 7) is 5.53. The standard InChI is InChI=1S/C73H125N9O11/c1-4-7-10-13-15-17-19-21-23-25-27-29-31-33-35-40-47-81(48-41-36-34-32-30-28-26-24-22-20-18-16-14-11-8-5-2)70(88)59-92-58-68(86)76-54-65(83)75-53-66(84)77-56-69(87)82-49-43-46-64(82)73(91)78-55-67(85)80-63(51-60-52-74-62-45-39-38-44-61(60)62)72(90)79-57-71(89)93-50-42-37-12-9-6-3/h38-39,44-45,52,63-64,74H,4-37,40-43,46-51,53-59H2,1-3H3,(H,75,83)(H,76,86)(H,77,84)(H,78,91)(H,79,90)(H,80,85)/t63-,64-/m0/s1. The molecule has 2 heterocycles. The fraction of sp³-hybridized carbons (Fsp3) is 0.767. The molecule has 1 aromatic heterocycles. The van der Waals surface area contributed by atoms with Gasteiger partial charge in [0.2, 0.25) is 47.3 Å². The van der Waals surface area contributed by atoms with E-state index in [-0.39, 0.29) is 38.6 Å². The number of H-pyrrole nitrogens is 1. The Morgan fingerprint density at radius 1 is 0.505 bits per heavy atom. The van der Waals surface area contributed by atoms with Gasteiger partial charge in [0.15, 0.2) is 0 Å². The van der Waals surface area contributed by atoms with E-state index in [0.29, 0.717) is 25.9 Å². The van der Waals surface area contributed by atoms with E-state index < -0.39 is 92.2 Å². The number of ether oxygens (including phenoxy) is 2. The number of nitrogens with one attached hydrogen (secondary N) is 7. The zero-order chi connectivity index (χ0) is 67.2. The molecule has 1 saturated heterocycles. The van der Waals surface area contributed by atoms with E-state index in [2.05, 4.69) is 57.7 Å². The molecule has 8 amide bonds. The monoisotopic (exact) mass is 1300 g/mol. The fourth-order valence-electron chi connectivity index (χ4n) is 12.0. The van der Waals surface area contributed by atoms with Crippen LogP contribution in [0.4, 0.5) is 0 Å². The summed E-state index contributed by atoms with van der Waals surface area (Å²) >= 11 is 0. The molecule has 0 saturated carbocycles. The highest BCUT2D eigenvalue weighted by Crippen LogP contribution is 2.21. The largest absolute Gasteiger partial charge is 0.464 e. The van der Waals surface area contributed by atoms with Gasteiger partial charge in [0.1, 0.15) is 31.8 Å². The van der Waals surface area contributed by atoms with Gasteiger partial charge in [0.25, 0.3) is 0 Å². The van der Waals surface area contributed by atoms with Crippen molar-refractivity contribution in [3.63, 3.8) is 0 Å². The number of amides is 8. The van der Waals surface area contributed by atoms with Gasteiger partial charge in [-0.05, 0) is 43.7 Å². The molecule has 3 rings (SSSR count). The van der Waals surface area contributed by atoms with E-state index in [1.807, 2.05) is 29.2 Å². The van der Waals surface area contributed by atoms with Gasteiger partial charge in [-0.15, -0.1) is 0 Å². The number of hydrogen-bond acceptors (Lipinski definition) is 11. The molecule has 528 valence electrons. The second-order valence-electron chi connectivity index (χ2n) is 25.8. The first-order valence-electron chi connectivity index (χ1n) is 36.9. The number of unbranched alkanes of at least 4 members (excludes halogenated alkanes) is 34. The van der Waals surface area contributed by atoms with Crippen LogP contribution in [-0.4, -0.2) is 152 Å². The molecule has 93 heavy (non-hydrogen) atoms. The van der Waals surface area contributed by atoms with E-state index in [1.165, 1.54) is 172 Å². The van der Waals surface area contributed by atoms with Gasteiger partial charge in [0, 0.05) is 43.2 Å². The van der Waals surface area contributed by atoms with Crippen molar-refractivity contribution in [3.05, 3.63) is 36.0 Å². The Labute approximate surface area is 559 Å². The van der Waals surface area contributed by atoms with Crippen LogP contribution in [-0.2, 0) is 59.0 Å². The first-order valence-corrected chi connectivity index (χ1v) is 36.9. The number of carbonyl (C=O) groups excluding carboxylic acids is 9. The molecule has 2 aromatic rings. The maximum absolute atomic E-state index is 13.5. The minimum Gasteiger partial charge on any atom is -0.464 e. The minimum absolute atomic E-state index is 0.0803. The number of likely N-dealkylation sites (tertiary alicyclic amines) is 1. The molecule has 0 radical (unpaired) electrons. The zero-order valence-electron chi connectivity index (χ0n) is 58.0. The van der Waals surface area contributed by atoms with E-state index >= 15 is 0 Å². The summed E-state index contributed by atoms with van der Waals surface area (Å²) < 4.78 is 10.8. The molecule has 1 aliphatic heterocycles. The maximum Gasteiger partial charge on any atom is 0.325 e. The van der Waals surface area contributed by atoms with Crippen LogP contribution in [0.15, 0.2) is 30.5 Å². The smallest absolute Gasteiger partial charge is 0.325 e. The molecule has 0 bridgehead atoms. The third kappa shape index (κ3) is 40.1. The lowest BCUT2D eigenvalue weighted by molar-refractivity contribution is -0.144. The first kappa shape index (κ1) is 81.2. The van der Waals surface area contributed by atoms with Crippen molar-refractivity contribution >= 4 is 64.1 Å². The number of para-hydroxylation sites is 1. The average molecular weight is 1300 g/mol. The van der Waals surface area contributed by atoms with Crippen LogP contribution in [0.5, 0.6) is 0 Å². The summed E-state index contributed by atoms with van der Waals surface area (Å²) in [5.41, 5.74) is 1.59. The predicted molar refractivity (Wildman–Crippen MR) is 370 cm³/mol. The normalized spacial score (nSPS) is 13.2. The van der Waals surface area contributed by atoms with Crippen LogP contribution >= 0.6 is 0 Å². The van der Waals surface area contributed by atoms with Crippen LogP contribution in [0.3, 0.4) is 0 Å². The lowest BCUT2D eigenvalue weighted by atomic mass is 10.0. The topological polar surface area (TPSA) is 267 Å². The molecule has 2 atom stereocenters. The highest BCUT2D eigenvalue weighted by Gasteiger charge is 2.34. The summed E-state index contributed by atoms with van der Waals surface area (Å²) in [5, 5.41) is 16.0. The predicted octanol–water partition coefficient (Wildman–Crippen LogP) is 11.6. The maximum atomic E-state index is 13.5. The van der Waals surface area contributed by atoms with Crippen LogP contribution in [0.1, 0.15) is 277 Å². The van der Waals surface area contributed by atoms with Crippen molar-refractivity contribution < 1.29 is 52.6 Å². The SMILES string of the molecule is CCCCCCCCCCCCCCCCCCN(CCCCCCCCCCCCCCCCCC)C(=O)COCC(=O)NCC(=O)NCC(=O)NCC(=O)N1CCC[C@H]1C(=O)NCC(=O)N[C@@H](Cc1c[nH]c2ccccc12)C(=O)NCC(=O)OCCCCCCC. The van der Waals surface area contributed by atoms with E-state index in [0.717, 1.165) is 87.1 Å². The molecule has 20 heteroatoms. The molecule has 20 nitrogen and oxygen atoms in total. The van der Waals surface area contributed by atoms with Crippen molar-refractivity contribution in [1.29, 1.82) is 0 Å². The first-order chi connectivity index (χ1) is 45.4. The van der Waals surface area contributed by atoms with Gasteiger partial charge in [-0.3, -0.25) is 43.2 Å². The number of carbonyl (C=O) groups is 9. The summed E-state index contributed by atoms with van der Waals surface area (Å²) in [7, 11) is 0. The number of rotatable bonds is 59. The number of aromatic amines is 1. The molecule has 1 aliphatic rings. The Balaban J connectivity index is 1.34. The lowest BCUT2D eigenvalue weighted by Crippen LogP contribution is -2.53. The van der Waals surface area contributed by atoms with Crippen LogP contribution < -0.4 is 31.9 Å². The number of esters is 1. The molecule has 7 N–H and O–H groups in total. The van der Waals surface area contributed by atoms with Crippen molar-refractivity contribution in [2.24, 2.45) is 0 Å². The third-order valence-corrected chi connectivity index (χ3v) is 17.7. The van der Waals surface area contributed by atoms with Gasteiger partial charge in [-0.1, -0.05) is 257 Å². The number of aromatic nitrogens is 1. The number of hydrogen-bond donors (Lipinski definition) is 7. The molecule has 0 unspecified atom stereocenters. The quantitative estimate of drug-likeness (QED) is 0.0242. The second-order valence-corrected chi connectivity index (χ2v) is 25.8. The van der Waals surface area contributed by atoms with Gasteiger partial charge in [-0.2, -0.15) is 0 Å². The molecule has 1 fully saturated rings. The summed E-state index contributed by atoms with van der Waals surface area (Å²) in [4.78, 5) is 124. The third-order valence-electron chi connectivity index (χ3n) is 17.7. The van der Waals surface area contributed by atoms with Crippen molar-refractivity contribution in [2.45, 2.75) is 290 Å². The molecule has 1 aromatic carbocycles. The highest BCUT2D eigenvalue weighted by atomic mass is 16.5. The second kappa shape index (κ2) is 54.2. The Kier molecular flexibility index (Phi) is 47.3. The number of fused-ring (bicyclic) bond motifs is 1. The summed E-state index contributed by atoms with van der Waals surface area (Å²) in [6.07, 6.45) is 48.6. The van der Waals surface area contributed by atoms with Gasteiger partial charge < -0.3 is 56.2 Å². The molecule has 0 aliphatic carbocycles. The van der Waals surface area contributed by atoms with Crippen molar-refractivity contribution in [3.8, 4) is 0 Å². The Bertz CT molecular complexity index is 2350. The number of benzene rings is 1. The number of nitrogens with zero attached hydrogens (tertiary/aromatic N) is 2. The van der Waals surface area contributed by atoms with Crippen LogP contribution in [0.25, 0.3) is 10.9 Å². The van der Waals surface area contributed by atoms with Gasteiger partial charge in [0.05, 0.1) is 32.8 Å². The summed E-state index contributed by atoms with van der Waals surface area (Å²) in [5.74, 6) is -5.08. The minimum atomic E-state index is -1.11. The van der Waals surface area contributed by atoms with Gasteiger partial charge >= 0.3 is 5.97 Å². The van der Waals surface area contributed by atoms with E-state index in [1.54, 1.807) is 6.20 Å².